The summed E-state index contributed by atoms with van der Waals surface area (Å²) in [5, 5.41) is 10.8. The molecule has 3 aromatic rings. The highest BCUT2D eigenvalue weighted by Gasteiger charge is 2.20. The number of benzene rings is 2. The van der Waals surface area contributed by atoms with Gasteiger partial charge in [0, 0.05) is 37.8 Å². The van der Waals surface area contributed by atoms with E-state index in [1.807, 2.05) is 29.3 Å². The Morgan fingerprint density at radius 1 is 1.08 bits per heavy atom. The summed E-state index contributed by atoms with van der Waals surface area (Å²) < 4.78 is 2.14. The lowest BCUT2D eigenvalue weighted by molar-refractivity contribution is -0.132. The van der Waals surface area contributed by atoms with Crippen LogP contribution in [0.25, 0.3) is 10.9 Å². The molecule has 0 spiro atoms. The van der Waals surface area contributed by atoms with E-state index in [1.54, 1.807) is 12.1 Å². The number of nitrogens with zero attached hydrogens (tertiary/aromatic N) is 2. The zero-order valence-corrected chi connectivity index (χ0v) is 13.5. The Morgan fingerprint density at radius 3 is 2.88 bits per heavy atom. The van der Waals surface area contributed by atoms with Crippen molar-refractivity contribution in [2.24, 2.45) is 0 Å². The Bertz CT molecular complexity index is 898. The molecule has 0 saturated carbocycles. The average Bonchev–Trinajstić information content (AvgIpc) is 3.02. The second kappa shape index (κ2) is 6.04. The average molecular weight is 320 g/mol. The molecule has 1 aromatic heterocycles. The van der Waals surface area contributed by atoms with Gasteiger partial charge in [-0.2, -0.15) is 0 Å². The van der Waals surface area contributed by atoms with E-state index in [9.17, 15) is 9.90 Å². The number of aromatic nitrogens is 1. The molecule has 2 heterocycles. The number of phenolic OH excluding ortho intramolecular Hbond substituents is 1. The maximum Gasteiger partial charge on any atom is 0.224 e. The van der Waals surface area contributed by atoms with Gasteiger partial charge in [0.1, 0.15) is 5.75 Å². The van der Waals surface area contributed by atoms with Crippen molar-refractivity contribution in [2.45, 2.75) is 25.9 Å². The highest BCUT2D eigenvalue weighted by Crippen LogP contribution is 2.24. The number of fused-ring (bicyclic) bond motifs is 2. The summed E-state index contributed by atoms with van der Waals surface area (Å²) in [5.74, 6) is 0.434. The topological polar surface area (TPSA) is 45.5 Å². The van der Waals surface area contributed by atoms with E-state index in [-0.39, 0.29) is 11.7 Å². The van der Waals surface area contributed by atoms with Crippen LogP contribution in [0.3, 0.4) is 0 Å². The van der Waals surface area contributed by atoms with Crippen LogP contribution in [-0.4, -0.2) is 27.0 Å². The zero-order chi connectivity index (χ0) is 16.5. The Labute approximate surface area is 140 Å². The van der Waals surface area contributed by atoms with Crippen molar-refractivity contribution >= 4 is 16.8 Å². The second-order valence-electron chi connectivity index (χ2n) is 6.34. The van der Waals surface area contributed by atoms with Gasteiger partial charge in [0.15, 0.2) is 0 Å². The minimum Gasteiger partial charge on any atom is -0.508 e. The van der Waals surface area contributed by atoms with Crippen LogP contribution in [0.5, 0.6) is 5.75 Å². The van der Waals surface area contributed by atoms with E-state index in [4.69, 9.17) is 0 Å². The van der Waals surface area contributed by atoms with Crippen molar-refractivity contribution < 1.29 is 9.90 Å². The Hall–Kier alpha value is -2.75. The summed E-state index contributed by atoms with van der Waals surface area (Å²) in [7, 11) is 0. The summed E-state index contributed by atoms with van der Waals surface area (Å²) in [6.07, 6.45) is 3.39. The van der Waals surface area contributed by atoms with Gasteiger partial charge in [-0.15, -0.1) is 0 Å². The number of phenols is 1. The summed E-state index contributed by atoms with van der Waals surface area (Å²) in [5.41, 5.74) is 3.45. The van der Waals surface area contributed by atoms with Crippen LogP contribution < -0.4 is 0 Å². The molecule has 0 aliphatic carbocycles. The lowest BCUT2D eigenvalue weighted by Gasteiger charge is -2.29. The van der Waals surface area contributed by atoms with Crippen LogP contribution in [0.4, 0.5) is 0 Å². The van der Waals surface area contributed by atoms with E-state index in [1.165, 1.54) is 16.5 Å². The van der Waals surface area contributed by atoms with Gasteiger partial charge in [0.25, 0.3) is 0 Å². The molecular weight excluding hydrogens is 300 g/mol. The standard InChI is InChI=1S/C20H20N2O2/c23-18-6-5-15-7-11-22(14-17(15)13-18)20(24)9-12-21-10-8-16-3-1-2-4-19(16)21/h1-6,8,10,13,23H,7,9,11-12,14H2. The van der Waals surface area contributed by atoms with Gasteiger partial charge in [-0.25, -0.2) is 0 Å². The summed E-state index contributed by atoms with van der Waals surface area (Å²) in [6.45, 7) is 2.04. The molecule has 24 heavy (non-hydrogen) atoms. The van der Waals surface area contributed by atoms with Crippen molar-refractivity contribution in [1.29, 1.82) is 0 Å². The number of aryl methyl sites for hydroxylation is 1. The Kier molecular flexibility index (Phi) is 3.73. The zero-order valence-electron chi connectivity index (χ0n) is 13.5. The van der Waals surface area contributed by atoms with Gasteiger partial charge in [0.05, 0.1) is 0 Å². The van der Waals surface area contributed by atoms with Crippen molar-refractivity contribution in [3.8, 4) is 5.75 Å². The summed E-state index contributed by atoms with van der Waals surface area (Å²) in [4.78, 5) is 14.5. The molecule has 122 valence electrons. The van der Waals surface area contributed by atoms with Crippen LogP contribution >= 0.6 is 0 Å². The molecule has 4 nitrogen and oxygen atoms in total. The summed E-state index contributed by atoms with van der Waals surface area (Å²) in [6, 6.07) is 15.7. The minimum atomic E-state index is 0.168. The van der Waals surface area contributed by atoms with Gasteiger partial charge in [-0.05, 0) is 47.2 Å². The summed E-state index contributed by atoms with van der Waals surface area (Å²) >= 11 is 0. The molecule has 1 N–H and O–H groups in total. The highest BCUT2D eigenvalue weighted by atomic mass is 16.3. The number of hydrogen-bond donors (Lipinski definition) is 1. The quantitative estimate of drug-likeness (QED) is 0.804. The second-order valence-corrected chi connectivity index (χ2v) is 6.34. The first-order chi connectivity index (χ1) is 11.7. The van der Waals surface area contributed by atoms with Gasteiger partial charge in [-0.3, -0.25) is 4.79 Å². The van der Waals surface area contributed by atoms with E-state index in [0.717, 1.165) is 18.5 Å². The van der Waals surface area contributed by atoms with Crippen molar-refractivity contribution in [1.82, 2.24) is 9.47 Å². The van der Waals surface area contributed by atoms with Gasteiger partial charge in [0.2, 0.25) is 5.91 Å². The number of aromatic hydroxyl groups is 1. The van der Waals surface area contributed by atoms with Crippen LogP contribution in [0.1, 0.15) is 17.5 Å². The molecule has 4 heteroatoms. The molecule has 1 aliphatic rings. The van der Waals surface area contributed by atoms with E-state index < -0.39 is 0 Å². The Morgan fingerprint density at radius 2 is 1.96 bits per heavy atom. The molecule has 0 saturated heterocycles. The minimum absolute atomic E-state index is 0.168. The molecule has 4 rings (SSSR count). The predicted octanol–water partition coefficient (Wildman–Crippen LogP) is 3.32. The number of hydrogen-bond acceptors (Lipinski definition) is 2. The molecule has 0 bridgehead atoms. The first kappa shape index (κ1) is 14.8. The van der Waals surface area contributed by atoms with E-state index in [2.05, 4.69) is 22.8 Å². The lowest BCUT2D eigenvalue weighted by Crippen LogP contribution is -2.36. The molecule has 0 atom stereocenters. The molecule has 1 amide bonds. The van der Waals surface area contributed by atoms with E-state index >= 15 is 0 Å². The first-order valence-electron chi connectivity index (χ1n) is 8.33. The molecule has 0 fully saturated rings. The van der Waals surface area contributed by atoms with Crippen molar-refractivity contribution in [3.05, 3.63) is 65.9 Å². The maximum atomic E-state index is 12.6. The van der Waals surface area contributed by atoms with Crippen molar-refractivity contribution in [2.75, 3.05) is 6.54 Å². The van der Waals surface area contributed by atoms with E-state index in [0.29, 0.717) is 19.5 Å². The first-order valence-corrected chi connectivity index (χ1v) is 8.33. The van der Waals surface area contributed by atoms with Gasteiger partial charge >= 0.3 is 0 Å². The highest BCUT2D eigenvalue weighted by molar-refractivity contribution is 5.80. The molecule has 2 aromatic carbocycles. The van der Waals surface area contributed by atoms with Crippen LogP contribution in [0.15, 0.2) is 54.7 Å². The van der Waals surface area contributed by atoms with Crippen molar-refractivity contribution in [3.63, 3.8) is 0 Å². The third kappa shape index (κ3) is 2.75. The smallest absolute Gasteiger partial charge is 0.224 e. The maximum absolute atomic E-state index is 12.6. The number of carbonyl (C=O) groups is 1. The Balaban J connectivity index is 1.43. The fourth-order valence-corrected chi connectivity index (χ4v) is 3.47. The largest absolute Gasteiger partial charge is 0.508 e. The fraction of sp³-hybridized carbons (Fsp3) is 0.250. The van der Waals surface area contributed by atoms with Crippen LogP contribution in [0, 0.1) is 0 Å². The lowest BCUT2D eigenvalue weighted by atomic mass is 9.99. The third-order valence-electron chi connectivity index (χ3n) is 4.80. The number of para-hydroxylation sites is 1. The third-order valence-corrected chi connectivity index (χ3v) is 4.80. The van der Waals surface area contributed by atoms with Crippen LogP contribution in [0.2, 0.25) is 0 Å². The number of rotatable bonds is 3. The monoisotopic (exact) mass is 320 g/mol. The molecule has 0 radical (unpaired) electrons. The number of amides is 1. The predicted molar refractivity (Wildman–Crippen MR) is 93.8 cm³/mol. The SMILES string of the molecule is O=C(CCn1ccc2ccccc21)N1CCc2ccc(O)cc2C1. The van der Waals surface area contributed by atoms with Crippen LogP contribution in [-0.2, 0) is 24.3 Å². The number of carbonyl (C=O) groups excluding carboxylic acids is 1. The normalized spacial score (nSPS) is 13.9. The van der Waals surface area contributed by atoms with Gasteiger partial charge in [-0.1, -0.05) is 24.3 Å². The molecular formula is C20H20N2O2. The van der Waals surface area contributed by atoms with Gasteiger partial charge < -0.3 is 14.6 Å². The molecule has 0 unspecified atom stereocenters. The molecule has 1 aliphatic heterocycles. The fourth-order valence-electron chi connectivity index (χ4n) is 3.47.